The molecule has 0 spiro atoms. The number of nitrogens with zero attached hydrogens (tertiary/aromatic N) is 5. The zero-order chi connectivity index (χ0) is 20.1. The third kappa shape index (κ3) is 3.36. The van der Waals surface area contributed by atoms with E-state index in [-0.39, 0.29) is 5.52 Å². The first-order valence-corrected chi connectivity index (χ1v) is 9.89. The van der Waals surface area contributed by atoms with E-state index in [9.17, 15) is 17.4 Å². The number of fused-ring (bicyclic) bond motifs is 1. The number of hydrogen-bond donors (Lipinski definition) is 0. The van der Waals surface area contributed by atoms with Gasteiger partial charge in [-0.3, -0.25) is 4.98 Å². The van der Waals surface area contributed by atoms with E-state index < -0.39 is 22.5 Å². The molecule has 0 bridgehead atoms. The Morgan fingerprint density at radius 3 is 2.64 bits per heavy atom. The Hall–Kier alpha value is -2.49. The van der Waals surface area contributed by atoms with Crippen molar-refractivity contribution < 1.29 is 17.4 Å². The topological polar surface area (TPSA) is 73.0 Å². The smallest absolute Gasteiger partial charge is 0.433 e. The lowest BCUT2D eigenvalue weighted by molar-refractivity contribution is -0.141. The van der Waals surface area contributed by atoms with Gasteiger partial charge in [-0.15, -0.1) is 0 Å². The van der Waals surface area contributed by atoms with Gasteiger partial charge in [-0.2, -0.15) is 23.8 Å². The van der Waals surface area contributed by atoms with E-state index in [1.807, 2.05) is 6.07 Å². The molecule has 0 radical (unpaired) electrons. The molecule has 0 aliphatic heterocycles. The molecule has 0 atom stereocenters. The van der Waals surface area contributed by atoms with Crippen LogP contribution in [0.3, 0.4) is 0 Å². The molecule has 0 saturated heterocycles. The van der Waals surface area contributed by atoms with Crippen LogP contribution in [0.1, 0.15) is 36.9 Å². The van der Waals surface area contributed by atoms with Crippen LogP contribution in [-0.2, 0) is 28.0 Å². The average molecular weight is 408 g/mol. The largest absolute Gasteiger partial charge is 0.440 e. The van der Waals surface area contributed by atoms with Gasteiger partial charge in [0.1, 0.15) is 5.69 Å². The fourth-order valence-corrected chi connectivity index (χ4v) is 3.96. The molecule has 10 heteroatoms. The van der Waals surface area contributed by atoms with Crippen molar-refractivity contribution in [3.63, 3.8) is 0 Å². The van der Waals surface area contributed by atoms with Crippen LogP contribution >= 0.6 is 0 Å². The lowest BCUT2D eigenvalue weighted by Gasteiger charge is -2.14. The summed E-state index contributed by atoms with van der Waals surface area (Å²) in [5, 5.41) is 0. The van der Waals surface area contributed by atoms with Crippen LogP contribution in [0.15, 0.2) is 33.8 Å². The Bertz CT molecular complexity index is 1140. The zero-order valence-corrected chi connectivity index (χ0v) is 16.0. The molecule has 3 aromatic rings. The van der Waals surface area contributed by atoms with Gasteiger partial charge >= 0.3 is 6.18 Å². The minimum absolute atomic E-state index is 0.150. The molecule has 3 aromatic heterocycles. The molecule has 0 aromatic carbocycles. The molecule has 1 fully saturated rings. The quantitative estimate of drug-likeness (QED) is 0.598. The number of imidazole rings is 1. The number of alkyl halides is 3. The number of pyridine rings is 2. The molecule has 148 valence electrons. The summed E-state index contributed by atoms with van der Waals surface area (Å²) < 4.78 is 57.2. The minimum Gasteiger partial charge on any atom is -0.440 e. The molecule has 1 aliphatic rings. The third-order valence-corrected chi connectivity index (χ3v) is 5.81. The van der Waals surface area contributed by atoms with Gasteiger partial charge in [0, 0.05) is 19.8 Å². The molecule has 3 heterocycles. The van der Waals surface area contributed by atoms with Crippen LogP contribution in [0.2, 0.25) is 0 Å². The molecule has 1 saturated carbocycles. The van der Waals surface area contributed by atoms with Crippen molar-refractivity contribution in [1.29, 1.82) is 0 Å². The van der Waals surface area contributed by atoms with Crippen molar-refractivity contribution >= 4 is 21.6 Å². The highest BCUT2D eigenvalue weighted by Crippen LogP contribution is 2.41. The van der Waals surface area contributed by atoms with Crippen LogP contribution in [0.4, 0.5) is 13.2 Å². The van der Waals surface area contributed by atoms with Crippen molar-refractivity contribution in [2.24, 2.45) is 11.4 Å². The zero-order valence-electron chi connectivity index (χ0n) is 15.2. The first kappa shape index (κ1) is 18.9. The summed E-state index contributed by atoms with van der Waals surface area (Å²) in [6.45, 7) is 2.16. The number of halogens is 3. The predicted octanol–water partition coefficient (Wildman–Crippen LogP) is 4.45. The van der Waals surface area contributed by atoms with E-state index in [0.717, 1.165) is 30.7 Å². The van der Waals surface area contributed by atoms with E-state index in [0.29, 0.717) is 34.4 Å². The van der Waals surface area contributed by atoms with Gasteiger partial charge in [0.15, 0.2) is 5.82 Å². The molecule has 0 N–H and O–H groups in total. The number of aryl methyl sites for hydroxylation is 1. The van der Waals surface area contributed by atoms with Crippen molar-refractivity contribution in [3.05, 3.63) is 35.8 Å². The fraction of sp³-hybridized carbons (Fsp3) is 0.389. The van der Waals surface area contributed by atoms with Gasteiger partial charge < -0.3 is 13.1 Å². The molecule has 6 nitrogen and oxygen atoms in total. The summed E-state index contributed by atoms with van der Waals surface area (Å²) in [5.74, 6) is 0.742. The Labute approximate surface area is 161 Å². The van der Waals surface area contributed by atoms with Gasteiger partial charge in [0.25, 0.3) is 0 Å². The maximum Gasteiger partial charge on any atom is 0.433 e. The first-order chi connectivity index (χ1) is 13.3. The highest BCUT2D eigenvalue weighted by molar-refractivity contribution is 7.75. The van der Waals surface area contributed by atoms with Gasteiger partial charge in [0.2, 0.25) is 0 Å². The van der Waals surface area contributed by atoms with Crippen LogP contribution in [0, 0.1) is 0 Å². The first-order valence-electron chi connectivity index (χ1n) is 8.79. The van der Waals surface area contributed by atoms with Crippen molar-refractivity contribution in [2.45, 2.75) is 36.8 Å². The maximum absolute atomic E-state index is 13.0. The number of hydrogen-bond acceptors (Lipinski definition) is 6. The molecular formula is C18H17F3N5OS-. The summed E-state index contributed by atoms with van der Waals surface area (Å²) in [6, 6.07) is 2.73. The fourth-order valence-electron chi connectivity index (χ4n) is 3.04. The Morgan fingerprint density at radius 2 is 2.00 bits per heavy atom. The van der Waals surface area contributed by atoms with Crippen LogP contribution < -0.4 is 0 Å². The molecule has 4 rings (SSSR count). The van der Waals surface area contributed by atoms with E-state index in [1.54, 1.807) is 24.7 Å². The normalized spacial score (nSPS) is 16.0. The van der Waals surface area contributed by atoms with E-state index in [2.05, 4.69) is 19.3 Å². The Kier molecular flexibility index (Phi) is 4.60. The summed E-state index contributed by atoms with van der Waals surface area (Å²) in [6.07, 6.45) is 0.438. The van der Waals surface area contributed by atoms with Crippen LogP contribution in [-0.4, -0.2) is 26.1 Å². The SMILES string of the molecule is CCN=[S-](=O)c1cc(C2CC2)cnc1-c1nc2cc(C(F)(F)F)ncc2n1C. The highest BCUT2D eigenvalue weighted by Gasteiger charge is 2.33. The monoisotopic (exact) mass is 408 g/mol. The lowest BCUT2D eigenvalue weighted by atomic mass is 10.2. The van der Waals surface area contributed by atoms with Crippen molar-refractivity contribution in [2.75, 3.05) is 6.54 Å². The standard InChI is InChI=1S/C18H17F3N5OS/c1-3-24-28(27)14-6-11(10-4-5-10)8-23-16(14)17-25-12-7-15(18(19,20)21)22-9-13(12)26(17)2/h6-10H,3-5H2,1-2H3/q-1. The second kappa shape index (κ2) is 6.84. The van der Waals surface area contributed by atoms with Gasteiger partial charge in [-0.1, -0.05) is 11.0 Å². The summed E-state index contributed by atoms with van der Waals surface area (Å²) in [5.41, 5.74) is 0.925. The Balaban J connectivity index is 1.90. The van der Waals surface area contributed by atoms with Gasteiger partial charge in [-0.05, 0) is 37.3 Å². The molecule has 0 unspecified atom stereocenters. The number of rotatable bonds is 4. The summed E-state index contributed by atoms with van der Waals surface area (Å²) >= 11 is 0. The van der Waals surface area contributed by atoms with E-state index in [1.165, 1.54) is 0 Å². The third-order valence-electron chi connectivity index (χ3n) is 4.63. The van der Waals surface area contributed by atoms with Gasteiger partial charge in [0.05, 0.1) is 22.9 Å². The lowest BCUT2D eigenvalue weighted by Crippen LogP contribution is -2.07. The average Bonchev–Trinajstić information content (AvgIpc) is 3.45. The number of aromatic nitrogens is 4. The van der Waals surface area contributed by atoms with Crippen LogP contribution in [0.5, 0.6) is 0 Å². The second-order valence-corrected chi connectivity index (χ2v) is 7.83. The predicted molar refractivity (Wildman–Crippen MR) is 98.0 cm³/mol. The second-order valence-electron chi connectivity index (χ2n) is 6.63. The molecule has 0 amide bonds. The minimum atomic E-state index is -4.55. The van der Waals surface area contributed by atoms with Crippen molar-refractivity contribution in [3.8, 4) is 11.5 Å². The molecule has 28 heavy (non-hydrogen) atoms. The maximum atomic E-state index is 13.0. The Morgan fingerprint density at radius 1 is 1.25 bits per heavy atom. The van der Waals surface area contributed by atoms with Gasteiger partial charge in [-0.25, -0.2) is 9.97 Å². The van der Waals surface area contributed by atoms with E-state index in [4.69, 9.17) is 0 Å². The van der Waals surface area contributed by atoms with Crippen molar-refractivity contribution in [1.82, 2.24) is 19.5 Å². The molecular weight excluding hydrogens is 391 g/mol. The summed E-state index contributed by atoms with van der Waals surface area (Å²) in [4.78, 5) is 12.7. The van der Waals surface area contributed by atoms with Crippen LogP contribution in [0.25, 0.3) is 22.6 Å². The highest BCUT2D eigenvalue weighted by atomic mass is 32.2. The molecule has 1 aliphatic carbocycles. The summed E-state index contributed by atoms with van der Waals surface area (Å²) in [7, 11) is 0.0371. The van der Waals surface area contributed by atoms with E-state index >= 15 is 0 Å².